The van der Waals surface area contributed by atoms with Crippen molar-refractivity contribution >= 4 is 11.6 Å². The van der Waals surface area contributed by atoms with Gasteiger partial charge in [-0.05, 0) is 13.0 Å². The van der Waals surface area contributed by atoms with E-state index >= 15 is 0 Å². The van der Waals surface area contributed by atoms with Gasteiger partial charge in [-0.1, -0.05) is 13.3 Å². The zero-order chi connectivity index (χ0) is 8.81. The molecule has 3 heteroatoms. The number of morpholine rings is 1. The van der Waals surface area contributed by atoms with Crippen LogP contribution < -0.4 is 0 Å². The van der Waals surface area contributed by atoms with Crippen LogP contribution in [0.1, 0.15) is 19.8 Å². The third-order valence-electron chi connectivity index (χ3n) is 2.33. The van der Waals surface area contributed by atoms with Crippen molar-refractivity contribution in [2.45, 2.75) is 25.8 Å². The monoisotopic (exact) mass is 191 g/mol. The van der Waals surface area contributed by atoms with Gasteiger partial charge in [0.05, 0.1) is 13.2 Å². The van der Waals surface area contributed by atoms with E-state index in [-0.39, 0.29) is 0 Å². The van der Waals surface area contributed by atoms with Gasteiger partial charge in [-0.3, -0.25) is 4.90 Å². The van der Waals surface area contributed by atoms with Crippen LogP contribution in [0.3, 0.4) is 0 Å². The minimum atomic E-state index is 0.451. The van der Waals surface area contributed by atoms with Crippen LogP contribution in [0.15, 0.2) is 0 Å². The highest BCUT2D eigenvalue weighted by atomic mass is 35.5. The van der Waals surface area contributed by atoms with E-state index in [1.54, 1.807) is 0 Å². The average Bonchev–Trinajstić information content (AvgIpc) is 2.15. The molecule has 0 N–H and O–H groups in total. The molecule has 1 aliphatic rings. The van der Waals surface area contributed by atoms with Crippen molar-refractivity contribution in [1.29, 1.82) is 0 Å². The Morgan fingerprint density at radius 1 is 1.58 bits per heavy atom. The van der Waals surface area contributed by atoms with Gasteiger partial charge in [0.1, 0.15) is 0 Å². The lowest BCUT2D eigenvalue weighted by molar-refractivity contribution is 0.000597. The maximum atomic E-state index is 5.83. The van der Waals surface area contributed by atoms with Crippen molar-refractivity contribution in [3.8, 4) is 0 Å². The Hall–Kier alpha value is 0.210. The van der Waals surface area contributed by atoms with E-state index < -0.39 is 0 Å². The minimum absolute atomic E-state index is 0.451. The lowest BCUT2D eigenvalue weighted by atomic mass is 10.2. The van der Waals surface area contributed by atoms with Crippen LogP contribution in [0.5, 0.6) is 0 Å². The number of hydrogen-bond acceptors (Lipinski definition) is 2. The van der Waals surface area contributed by atoms with Gasteiger partial charge in [-0.15, -0.1) is 11.6 Å². The van der Waals surface area contributed by atoms with E-state index in [2.05, 4.69) is 11.8 Å². The molecule has 0 aromatic carbocycles. The smallest absolute Gasteiger partial charge is 0.0634 e. The van der Waals surface area contributed by atoms with Crippen LogP contribution in [-0.2, 0) is 4.74 Å². The normalized spacial score (nSPS) is 26.0. The molecule has 0 aromatic heterocycles. The van der Waals surface area contributed by atoms with E-state index in [1.165, 1.54) is 19.4 Å². The third-order valence-corrected chi connectivity index (χ3v) is 2.68. The van der Waals surface area contributed by atoms with E-state index in [9.17, 15) is 0 Å². The molecule has 1 heterocycles. The standard InChI is InChI=1S/C9H18ClNO/c1-2-3-4-11-5-6-12-8-9(11)7-10/h9H,2-8H2,1H3. The van der Waals surface area contributed by atoms with Crippen LogP contribution in [0.4, 0.5) is 0 Å². The fourth-order valence-corrected chi connectivity index (χ4v) is 1.77. The first-order chi connectivity index (χ1) is 5.88. The van der Waals surface area contributed by atoms with Gasteiger partial charge in [0.2, 0.25) is 0 Å². The predicted molar refractivity (Wildman–Crippen MR) is 51.8 cm³/mol. The molecule has 1 unspecified atom stereocenters. The fraction of sp³-hybridized carbons (Fsp3) is 1.00. The van der Waals surface area contributed by atoms with Crippen LogP contribution in [-0.4, -0.2) is 43.1 Å². The van der Waals surface area contributed by atoms with Gasteiger partial charge in [0.15, 0.2) is 0 Å². The predicted octanol–water partition coefficient (Wildman–Crippen LogP) is 1.73. The summed E-state index contributed by atoms with van der Waals surface area (Å²) in [4.78, 5) is 2.44. The molecule has 12 heavy (non-hydrogen) atoms. The maximum absolute atomic E-state index is 5.83. The molecule has 1 saturated heterocycles. The molecular formula is C9H18ClNO. The second kappa shape index (κ2) is 5.79. The van der Waals surface area contributed by atoms with Crippen molar-refractivity contribution in [3.05, 3.63) is 0 Å². The highest BCUT2D eigenvalue weighted by molar-refractivity contribution is 6.18. The van der Waals surface area contributed by atoms with Crippen LogP contribution in [0.2, 0.25) is 0 Å². The third kappa shape index (κ3) is 2.92. The summed E-state index contributed by atoms with van der Waals surface area (Å²) >= 11 is 5.83. The summed E-state index contributed by atoms with van der Waals surface area (Å²) in [6.07, 6.45) is 2.53. The molecule has 1 fully saturated rings. The summed E-state index contributed by atoms with van der Waals surface area (Å²) in [7, 11) is 0. The molecule has 0 radical (unpaired) electrons. The molecule has 1 atom stereocenters. The second-order valence-electron chi connectivity index (χ2n) is 3.27. The van der Waals surface area contributed by atoms with E-state index in [0.29, 0.717) is 11.9 Å². The molecule has 1 rings (SSSR count). The SMILES string of the molecule is CCCCN1CCOCC1CCl. The highest BCUT2D eigenvalue weighted by Gasteiger charge is 2.20. The van der Waals surface area contributed by atoms with E-state index in [4.69, 9.17) is 16.3 Å². The van der Waals surface area contributed by atoms with Gasteiger partial charge in [0.25, 0.3) is 0 Å². The summed E-state index contributed by atoms with van der Waals surface area (Å²) in [5.74, 6) is 0.698. The molecule has 0 bridgehead atoms. The fourth-order valence-electron chi connectivity index (χ4n) is 1.49. The van der Waals surface area contributed by atoms with Crippen molar-refractivity contribution in [3.63, 3.8) is 0 Å². The summed E-state index contributed by atoms with van der Waals surface area (Å²) < 4.78 is 5.36. The molecule has 0 amide bonds. The molecular weight excluding hydrogens is 174 g/mol. The topological polar surface area (TPSA) is 12.5 Å². The Kier molecular flexibility index (Phi) is 4.96. The Labute approximate surface area is 79.8 Å². The zero-order valence-electron chi connectivity index (χ0n) is 7.76. The number of alkyl halides is 1. The van der Waals surface area contributed by atoms with Crippen molar-refractivity contribution in [2.75, 3.05) is 32.2 Å². The van der Waals surface area contributed by atoms with Crippen LogP contribution >= 0.6 is 11.6 Å². The first-order valence-corrected chi connectivity index (χ1v) is 5.29. The first-order valence-electron chi connectivity index (χ1n) is 4.76. The van der Waals surface area contributed by atoms with Crippen LogP contribution in [0.25, 0.3) is 0 Å². The number of unbranched alkanes of at least 4 members (excludes halogenated alkanes) is 1. The Morgan fingerprint density at radius 3 is 3.08 bits per heavy atom. The van der Waals surface area contributed by atoms with Crippen molar-refractivity contribution in [2.24, 2.45) is 0 Å². The van der Waals surface area contributed by atoms with Gasteiger partial charge in [-0.25, -0.2) is 0 Å². The summed E-state index contributed by atoms with van der Waals surface area (Å²) in [5.41, 5.74) is 0. The molecule has 0 aromatic rings. The lowest BCUT2D eigenvalue weighted by Gasteiger charge is -2.34. The van der Waals surface area contributed by atoms with Gasteiger partial charge in [0, 0.05) is 18.5 Å². The summed E-state index contributed by atoms with van der Waals surface area (Å²) in [5, 5.41) is 0. The van der Waals surface area contributed by atoms with E-state index in [1.807, 2.05) is 0 Å². The minimum Gasteiger partial charge on any atom is -0.378 e. The molecule has 72 valence electrons. The largest absolute Gasteiger partial charge is 0.378 e. The Balaban J connectivity index is 2.26. The maximum Gasteiger partial charge on any atom is 0.0634 e. The number of halogens is 1. The summed E-state index contributed by atoms with van der Waals surface area (Å²) in [6, 6.07) is 0.451. The van der Waals surface area contributed by atoms with Gasteiger partial charge in [-0.2, -0.15) is 0 Å². The number of nitrogens with zero attached hydrogens (tertiary/aromatic N) is 1. The quantitative estimate of drug-likeness (QED) is 0.628. The molecule has 0 saturated carbocycles. The van der Waals surface area contributed by atoms with Gasteiger partial charge < -0.3 is 4.74 Å². The zero-order valence-corrected chi connectivity index (χ0v) is 8.52. The molecule has 1 aliphatic heterocycles. The second-order valence-corrected chi connectivity index (χ2v) is 3.58. The highest BCUT2D eigenvalue weighted by Crippen LogP contribution is 2.09. The van der Waals surface area contributed by atoms with Crippen LogP contribution in [0, 0.1) is 0 Å². The van der Waals surface area contributed by atoms with Gasteiger partial charge >= 0.3 is 0 Å². The van der Waals surface area contributed by atoms with Crippen molar-refractivity contribution in [1.82, 2.24) is 4.90 Å². The van der Waals surface area contributed by atoms with Crippen molar-refractivity contribution < 1.29 is 4.74 Å². The molecule has 0 spiro atoms. The average molecular weight is 192 g/mol. The Bertz CT molecular complexity index is 121. The molecule has 0 aliphatic carbocycles. The Morgan fingerprint density at radius 2 is 2.42 bits per heavy atom. The number of hydrogen-bond donors (Lipinski definition) is 0. The summed E-state index contributed by atoms with van der Waals surface area (Å²) in [6.45, 7) is 6.13. The lowest BCUT2D eigenvalue weighted by Crippen LogP contribution is -2.46. The molecule has 2 nitrogen and oxygen atoms in total. The number of ether oxygens (including phenoxy) is 1. The first kappa shape index (κ1) is 10.3. The van der Waals surface area contributed by atoms with E-state index in [0.717, 1.165) is 19.8 Å². The number of rotatable bonds is 4.